The average Bonchev–Trinajstić information content (AvgIpc) is 3.44. The predicted molar refractivity (Wildman–Crippen MR) is 113 cm³/mol. The van der Waals surface area contributed by atoms with Crippen LogP contribution in [0.5, 0.6) is 0 Å². The average molecular weight is 435 g/mol. The summed E-state index contributed by atoms with van der Waals surface area (Å²) in [4.78, 5) is 20.9. The molecule has 0 N–H and O–H groups in total. The van der Waals surface area contributed by atoms with Crippen LogP contribution in [-0.4, -0.2) is 56.0 Å². The zero-order chi connectivity index (χ0) is 22.4. The first-order chi connectivity index (χ1) is 14.8. The molecule has 2 saturated heterocycles. The maximum atomic E-state index is 12.9. The van der Waals surface area contributed by atoms with E-state index in [0.29, 0.717) is 5.82 Å². The molecule has 2 aliphatic rings. The highest BCUT2D eigenvalue weighted by molar-refractivity contribution is 6.73. The molecule has 2 aliphatic heterocycles. The van der Waals surface area contributed by atoms with E-state index in [1.165, 1.54) is 21.9 Å². The topological polar surface area (TPSA) is 93.3 Å². The van der Waals surface area contributed by atoms with Gasteiger partial charge in [0.1, 0.15) is 30.5 Å². The zero-order valence-corrected chi connectivity index (χ0v) is 19.2. The van der Waals surface area contributed by atoms with Crippen molar-refractivity contribution in [3.63, 3.8) is 0 Å². The van der Waals surface area contributed by atoms with Crippen LogP contribution in [0.3, 0.4) is 0 Å². The molecule has 4 atom stereocenters. The Morgan fingerprint density at radius 3 is 2.57 bits per heavy atom. The highest BCUT2D eigenvalue weighted by Crippen LogP contribution is 2.55. The SMILES string of the molecule is [2H]C[C@]12O[C@@H](n3ccc(-n4cncn4)nc3=O)[C@H](OC1(C)C)[C@@H]2O[Si](CC)(CC)CC. The lowest BCUT2D eigenvalue weighted by Crippen LogP contribution is -2.54. The molecule has 0 aliphatic carbocycles. The van der Waals surface area contributed by atoms with E-state index < -0.39 is 43.6 Å². The van der Waals surface area contributed by atoms with Crippen molar-refractivity contribution in [3.8, 4) is 5.82 Å². The third kappa shape index (κ3) is 3.08. The number of hydrogen-bond acceptors (Lipinski definition) is 7. The van der Waals surface area contributed by atoms with E-state index in [0.717, 1.165) is 18.1 Å². The number of rotatable bonds is 7. The van der Waals surface area contributed by atoms with Crippen LogP contribution in [-0.2, 0) is 13.9 Å². The maximum Gasteiger partial charge on any atom is 0.351 e. The van der Waals surface area contributed by atoms with Gasteiger partial charge in [-0.15, -0.1) is 0 Å². The van der Waals surface area contributed by atoms with Gasteiger partial charge in [-0.2, -0.15) is 10.1 Å². The summed E-state index contributed by atoms with van der Waals surface area (Å²) in [6, 6.07) is 4.63. The Balaban J connectivity index is 1.71. The van der Waals surface area contributed by atoms with Crippen LogP contribution in [0.2, 0.25) is 18.1 Å². The first kappa shape index (κ1) is 20.0. The van der Waals surface area contributed by atoms with E-state index >= 15 is 0 Å². The lowest BCUT2D eigenvalue weighted by atomic mass is 9.86. The van der Waals surface area contributed by atoms with Gasteiger partial charge in [0.2, 0.25) is 0 Å². The van der Waals surface area contributed by atoms with Gasteiger partial charge in [-0.3, -0.25) is 4.57 Å². The van der Waals surface area contributed by atoms with Crippen molar-refractivity contribution in [2.75, 3.05) is 0 Å². The molecule has 10 heteroatoms. The van der Waals surface area contributed by atoms with E-state index in [2.05, 4.69) is 35.8 Å². The summed E-state index contributed by atoms with van der Waals surface area (Å²) in [7, 11) is -2.01. The van der Waals surface area contributed by atoms with Gasteiger partial charge in [-0.1, -0.05) is 20.8 Å². The molecule has 0 aromatic carbocycles. The van der Waals surface area contributed by atoms with Crippen molar-refractivity contribution in [3.05, 3.63) is 35.4 Å². The summed E-state index contributed by atoms with van der Waals surface area (Å²) in [6.45, 7) is 10.4. The number of ether oxygens (including phenoxy) is 2. The van der Waals surface area contributed by atoms with Crippen LogP contribution in [0.15, 0.2) is 29.7 Å². The van der Waals surface area contributed by atoms with Crippen molar-refractivity contribution >= 4 is 8.32 Å². The monoisotopic (exact) mass is 434 g/mol. The van der Waals surface area contributed by atoms with Gasteiger partial charge in [-0.25, -0.2) is 14.5 Å². The molecule has 0 radical (unpaired) electrons. The quantitative estimate of drug-likeness (QED) is 0.619. The molecule has 4 rings (SSSR count). The standard InChI is InChI=1S/C20H31N5O4Si/c1-7-30(8-2,9-3)29-16-15-17(28-20(16,6)19(4,5)27-15)24-11-10-14(23-18(24)26)25-13-21-12-22-25/h10-13,15-17H,7-9H2,1-6H3/t15-,16+,17-,20-/m1/s1/i6D. The van der Waals surface area contributed by atoms with Gasteiger partial charge in [0.25, 0.3) is 0 Å². The van der Waals surface area contributed by atoms with Gasteiger partial charge >= 0.3 is 5.69 Å². The molecule has 0 spiro atoms. The Hall–Kier alpha value is -1.88. The minimum atomic E-state index is -2.01. The molecule has 9 nitrogen and oxygen atoms in total. The fourth-order valence-corrected chi connectivity index (χ4v) is 7.37. The highest BCUT2D eigenvalue weighted by Gasteiger charge is 2.70. The summed E-state index contributed by atoms with van der Waals surface area (Å²) in [5.41, 5.74) is -2.13. The van der Waals surface area contributed by atoms with E-state index in [1.807, 2.05) is 13.8 Å². The third-order valence-electron chi connectivity index (χ3n) is 6.87. The molecule has 0 unspecified atom stereocenters. The summed E-state index contributed by atoms with van der Waals surface area (Å²) < 4.78 is 31.0. The Labute approximate surface area is 178 Å². The number of aromatic nitrogens is 5. The summed E-state index contributed by atoms with van der Waals surface area (Å²) in [6.07, 6.45) is 2.90. The van der Waals surface area contributed by atoms with Crippen molar-refractivity contribution in [1.82, 2.24) is 24.3 Å². The van der Waals surface area contributed by atoms with E-state index in [9.17, 15) is 4.79 Å². The molecule has 2 aromatic heterocycles. The van der Waals surface area contributed by atoms with E-state index in [-0.39, 0.29) is 6.90 Å². The van der Waals surface area contributed by atoms with Gasteiger partial charge in [0, 0.05) is 7.57 Å². The van der Waals surface area contributed by atoms with Crippen LogP contribution >= 0.6 is 0 Å². The Morgan fingerprint density at radius 1 is 1.27 bits per heavy atom. The van der Waals surface area contributed by atoms with Gasteiger partial charge in [0.05, 0.1) is 5.60 Å². The zero-order valence-electron chi connectivity index (χ0n) is 19.2. The van der Waals surface area contributed by atoms with Crippen LogP contribution < -0.4 is 5.69 Å². The summed E-state index contributed by atoms with van der Waals surface area (Å²) in [5, 5.41) is 4.02. The molecule has 2 fully saturated rings. The van der Waals surface area contributed by atoms with Gasteiger partial charge in [0.15, 0.2) is 20.4 Å². The van der Waals surface area contributed by atoms with Crippen molar-refractivity contribution < 1.29 is 15.3 Å². The first-order valence-electron chi connectivity index (χ1n) is 11.2. The lowest BCUT2D eigenvalue weighted by Gasteiger charge is -2.42. The van der Waals surface area contributed by atoms with Crippen molar-refractivity contribution in [2.45, 2.75) is 89.3 Å². The lowest BCUT2D eigenvalue weighted by molar-refractivity contribution is -0.242. The molecule has 0 amide bonds. The largest absolute Gasteiger partial charge is 0.408 e. The minimum Gasteiger partial charge on any atom is -0.408 e. The number of fused-ring (bicyclic) bond motifs is 2. The van der Waals surface area contributed by atoms with Crippen LogP contribution in [0.4, 0.5) is 0 Å². The van der Waals surface area contributed by atoms with Crippen molar-refractivity contribution in [1.29, 1.82) is 0 Å². The maximum absolute atomic E-state index is 12.9. The molecule has 2 aromatic rings. The summed E-state index contributed by atoms with van der Waals surface area (Å²) >= 11 is 0. The second kappa shape index (κ2) is 7.36. The predicted octanol–water partition coefficient (Wildman–Crippen LogP) is 2.68. The van der Waals surface area contributed by atoms with E-state index in [4.69, 9.17) is 15.3 Å². The van der Waals surface area contributed by atoms with Gasteiger partial charge in [-0.05, 0) is 44.9 Å². The summed E-state index contributed by atoms with van der Waals surface area (Å²) in [5.74, 6) is 0.375. The number of hydrogen-bond donors (Lipinski definition) is 0. The third-order valence-corrected chi connectivity index (χ3v) is 11.5. The molecule has 164 valence electrons. The second-order valence-electron chi connectivity index (χ2n) is 8.59. The smallest absolute Gasteiger partial charge is 0.351 e. The first-order valence-corrected chi connectivity index (χ1v) is 13.1. The van der Waals surface area contributed by atoms with Crippen LogP contribution in [0, 0.1) is 0 Å². The fraction of sp³-hybridized carbons (Fsp3) is 0.700. The highest BCUT2D eigenvalue weighted by atomic mass is 28.4. The molecule has 0 saturated carbocycles. The molecular weight excluding hydrogens is 402 g/mol. The fourth-order valence-electron chi connectivity index (χ4n) is 4.51. The van der Waals surface area contributed by atoms with Crippen molar-refractivity contribution in [2.24, 2.45) is 0 Å². The van der Waals surface area contributed by atoms with Crippen LogP contribution in [0.1, 0.15) is 49.1 Å². The van der Waals surface area contributed by atoms with Crippen LogP contribution in [0.25, 0.3) is 5.82 Å². The van der Waals surface area contributed by atoms with E-state index in [1.54, 1.807) is 12.3 Å². The molecule has 2 bridgehead atoms. The molecule has 4 heterocycles. The Bertz CT molecular complexity index is 972. The number of nitrogens with zero attached hydrogens (tertiary/aromatic N) is 5. The molecule has 30 heavy (non-hydrogen) atoms. The normalized spacial score (nSPS) is 30.6. The Kier molecular flexibility index (Phi) is 4.92. The second-order valence-corrected chi connectivity index (χ2v) is 13.3. The Morgan fingerprint density at radius 2 is 2.00 bits per heavy atom. The molecular formula is C20H31N5O4Si. The van der Waals surface area contributed by atoms with Gasteiger partial charge < -0.3 is 13.9 Å². The minimum absolute atomic E-state index is 0.0154.